The number of esters is 1. The van der Waals surface area contributed by atoms with E-state index < -0.39 is 5.97 Å². The Balaban J connectivity index is 1.40. The van der Waals surface area contributed by atoms with Crippen molar-refractivity contribution < 1.29 is 28.8 Å². The lowest BCUT2D eigenvalue weighted by molar-refractivity contribution is -0.138. The number of carbonyl (C=O) groups is 1. The summed E-state index contributed by atoms with van der Waals surface area (Å²) in [6.07, 6.45) is 4.02. The number of carbonyl (C=O) groups excluding carboxylic acids is 1. The number of rotatable bonds is 11. The summed E-state index contributed by atoms with van der Waals surface area (Å²) in [5.41, 5.74) is 2.60. The summed E-state index contributed by atoms with van der Waals surface area (Å²) in [5.74, 6) is 1.50. The third-order valence-corrected chi connectivity index (χ3v) is 7.60. The number of ether oxygens (including phenoxy) is 4. The van der Waals surface area contributed by atoms with E-state index in [1.54, 1.807) is 38.3 Å². The number of aliphatic imine (C=N–C) groups is 1. The zero-order chi connectivity index (χ0) is 30.3. The maximum absolute atomic E-state index is 12.9. The number of hydrogen-bond acceptors (Lipinski definition) is 8. The van der Waals surface area contributed by atoms with Gasteiger partial charge < -0.3 is 28.6 Å². The van der Waals surface area contributed by atoms with Crippen LogP contribution in [-0.2, 0) is 16.1 Å². The fourth-order valence-corrected chi connectivity index (χ4v) is 5.66. The Labute approximate surface area is 255 Å². The molecule has 9 heteroatoms. The second kappa shape index (κ2) is 13.6. The van der Waals surface area contributed by atoms with Crippen LogP contribution in [0.15, 0.2) is 100 Å². The van der Waals surface area contributed by atoms with Gasteiger partial charge in [-0.3, -0.25) is 0 Å². The smallest absolute Gasteiger partial charge is 0.344 e. The number of thioether (sulfide) groups is 1. The monoisotopic (exact) mass is 598 g/mol. The van der Waals surface area contributed by atoms with Gasteiger partial charge in [0.15, 0.2) is 0 Å². The van der Waals surface area contributed by atoms with E-state index in [9.17, 15) is 9.90 Å². The summed E-state index contributed by atoms with van der Waals surface area (Å²) in [5, 5.41) is 12.6. The minimum atomic E-state index is -0.619. The van der Waals surface area contributed by atoms with Crippen molar-refractivity contribution in [2.45, 2.75) is 33.4 Å². The van der Waals surface area contributed by atoms with E-state index in [1.165, 1.54) is 11.8 Å². The minimum Gasteiger partial charge on any atom is -0.506 e. The minimum absolute atomic E-state index is 0.0517. The topological polar surface area (TPSA) is 91.5 Å². The van der Waals surface area contributed by atoms with Crippen molar-refractivity contribution in [3.63, 3.8) is 0 Å². The van der Waals surface area contributed by atoms with Crippen LogP contribution in [0.3, 0.4) is 0 Å². The van der Waals surface area contributed by atoms with Gasteiger partial charge in [0, 0.05) is 22.7 Å². The fraction of sp³-hybridized carbons (Fsp3) is 0.235. The first-order chi connectivity index (χ1) is 20.9. The molecule has 0 saturated heterocycles. The molecule has 0 aliphatic carbocycles. The van der Waals surface area contributed by atoms with Gasteiger partial charge in [0.25, 0.3) is 0 Å². The van der Waals surface area contributed by atoms with Gasteiger partial charge >= 0.3 is 5.97 Å². The normalized spacial score (nSPS) is 15.1. The third-order valence-electron chi connectivity index (χ3n) is 6.58. The fourth-order valence-electron chi connectivity index (χ4n) is 4.63. The lowest BCUT2D eigenvalue weighted by atomic mass is 10.1. The molecule has 2 heterocycles. The first kappa shape index (κ1) is 29.8. The molecule has 0 radical (unpaired) electrons. The van der Waals surface area contributed by atoms with Crippen LogP contribution in [0.5, 0.6) is 17.2 Å². The van der Waals surface area contributed by atoms with E-state index in [-0.39, 0.29) is 24.0 Å². The van der Waals surface area contributed by atoms with Crippen LogP contribution in [-0.4, -0.2) is 47.1 Å². The first-order valence-corrected chi connectivity index (χ1v) is 14.9. The van der Waals surface area contributed by atoms with Crippen LogP contribution in [0, 0.1) is 0 Å². The SMILES string of the molecule is CCOC(=O)C1=C(O)/C(=C/c2cn(CCOc3ccc(OC(C)C)cc3)c3ccccc23)SC1=Nc1ccc(OC)cc1. The number of benzene rings is 3. The number of para-hydroxylation sites is 1. The molecule has 3 aromatic carbocycles. The lowest BCUT2D eigenvalue weighted by Gasteiger charge is -2.11. The Kier molecular flexibility index (Phi) is 9.41. The van der Waals surface area contributed by atoms with E-state index in [0.29, 0.717) is 34.5 Å². The molecule has 1 aromatic heterocycles. The van der Waals surface area contributed by atoms with Crippen LogP contribution in [0.1, 0.15) is 26.3 Å². The average Bonchev–Trinajstić information content (AvgIpc) is 3.50. The maximum Gasteiger partial charge on any atom is 0.344 e. The zero-order valence-corrected chi connectivity index (χ0v) is 25.4. The zero-order valence-electron chi connectivity index (χ0n) is 24.6. The Bertz CT molecular complexity index is 1680. The maximum atomic E-state index is 12.9. The van der Waals surface area contributed by atoms with Crippen LogP contribution in [0.4, 0.5) is 5.69 Å². The number of aromatic nitrogens is 1. The Morgan fingerprint density at radius 1 is 1.00 bits per heavy atom. The van der Waals surface area contributed by atoms with Gasteiger partial charge in [-0.2, -0.15) is 0 Å². The van der Waals surface area contributed by atoms with Crippen LogP contribution < -0.4 is 14.2 Å². The molecule has 4 aromatic rings. The van der Waals surface area contributed by atoms with Crippen LogP contribution in [0.25, 0.3) is 17.0 Å². The Morgan fingerprint density at radius 2 is 1.70 bits per heavy atom. The predicted octanol–water partition coefficient (Wildman–Crippen LogP) is 7.71. The van der Waals surface area contributed by atoms with Crippen molar-refractivity contribution in [3.05, 3.63) is 101 Å². The van der Waals surface area contributed by atoms with Crippen molar-refractivity contribution in [2.24, 2.45) is 4.99 Å². The second-order valence-corrected chi connectivity index (χ2v) is 11.0. The molecule has 8 nitrogen and oxygen atoms in total. The molecule has 0 spiro atoms. The van der Waals surface area contributed by atoms with Crippen LogP contribution >= 0.6 is 11.8 Å². The number of aliphatic hydroxyl groups is 1. The molecule has 0 atom stereocenters. The number of hydrogen-bond donors (Lipinski definition) is 1. The molecule has 0 fully saturated rings. The summed E-state index contributed by atoms with van der Waals surface area (Å²) >= 11 is 1.23. The summed E-state index contributed by atoms with van der Waals surface area (Å²) in [6.45, 7) is 6.97. The van der Waals surface area contributed by atoms with E-state index >= 15 is 0 Å². The molecule has 0 saturated carbocycles. The highest BCUT2D eigenvalue weighted by molar-refractivity contribution is 8.18. The molecule has 5 rings (SSSR count). The molecule has 0 amide bonds. The summed E-state index contributed by atoms with van der Waals surface area (Å²) in [6, 6.07) is 22.8. The van der Waals surface area contributed by atoms with E-state index in [0.717, 1.165) is 28.0 Å². The number of methoxy groups -OCH3 is 1. The quantitative estimate of drug-likeness (QED) is 0.177. The van der Waals surface area contributed by atoms with Gasteiger partial charge in [0.2, 0.25) is 0 Å². The molecular weight excluding hydrogens is 564 g/mol. The largest absolute Gasteiger partial charge is 0.506 e. The second-order valence-electron chi connectivity index (χ2n) is 9.95. The third kappa shape index (κ3) is 7.06. The van der Waals surface area contributed by atoms with Gasteiger partial charge in [0.1, 0.15) is 40.2 Å². The van der Waals surface area contributed by atoms with Gasteiger partial charge in [-0.25, -0.2) is 9.79 Å². The number of aliphatic hydroxyl groups excluding tert-OH is 1. The summed E-state index contributed by atoms with van der Waals surface area (Å²) in [7, 11) is 1.59. The molecule has 0 bridgehead atoms. The van der Waals surface area contributed by atoms with Gasteiger partial charge in [-0.1, -0.05) is 30.0 Å². The van der Waals surface area contributed by atoms with E-state index in [4.69, 9.17) is 18.9 Å². The van der Waals surface area contributed by atoms with Gasteiger partial charge in [0.05, 0.1) is 37.0 Å². The summed E-state index contributed by atoms with van der Waals surface area (Å²) < 4.78 is 24.3. The molecule has 0 unspecified atom stereocenters. The highest BCUT2D eigenvalue weighted by atomic mass is 32.2. The van der Waals surface area contributed by atoms with Gasteiger partial charge in [-0.05, 0) is 81.4 Å². The molecule has 43 heavy (non-hydrogen) atoms. The molecule has 1 aliphatic heterocycles. The van der Waals surface area contributed by atoms with Crippen molar-refractivity contribution in [1.29, 1.82) is 0 Å². The van der Waals surface area contributed by atoms with Crippen LogP contribution in [0.2, 0.25) is 0 Å². The molecule has 1 N–H and O–H groups in total. The Morgan fingerprint density at radius 3 is 2.40 bits per heavy atom. The molecular formula is C34H34N2O6S. The van der Waals surface area contributed by atoms with Crippen molar-refractivity contribution in [1.82, 2.24) is 4.57 Å². The van der Waals surface area contributed by atoms with Gasteiger partial charge in [-0.15, -0.1) is 0 Å². The highest BCUT2D eigenvalue weighted by Crippen LogP contribution is 2.41. The average molecular weight is 599 g/mol. The lowest BCUT2D eigenvalue weighted by Crippen LogP contribution is -2.12. The molecule has 222 valence electrons. The summed E-state index contributed by atoms with van der Waals surface area (Å²) in [4.78, 5) is 18.0. The van der Waals surface area contributed by atoms with Crippen molar-refractivity contribution in [3.8, 4) is 17.2 Å². The van der Waals surface area contributed by atoms with Crippen molar-refractivity contribution >= 4 is 45.4 Å². The standard InChI is InChI=1S/C34H34N2O6S/c1-5-40-34(38)31-32(37)30(43-33(31)35-24-10-12-25(39-4)13-11-24)20-23-21-36(29-9-7-6-8-28(23)29)18-19-41-26-14-16-27(17-15-26)42-22(2)3/h6-17,20-22,37H,5,18-19H2,1-4H3/b30-20-,35-33?. The number of nitrogens with zero attached hydrogens (tertiary/aromatic N) is 2. The first-order valence-electron chi connectivity index (χ1n) is 14.1. The number of fused-ring (bicyclic) bond motifs is 1. The van der Waals surface area contributed by atoms with Crippen molar-refractivity contribution in [2.75, 3.05) is 20.3 Å². The Hall–Kier alpha value is -4.63. The van der Waals surface area contributed by atoms with E-state index in [2.05, 4.69) is 9.56 Å². The highest BCUT2D eigenvalue weighted by Gasteiger charge is 2.33. The van der Waals surface area contributed by atoms with E-state index in [1.807, 2.05) is 74.7 Å². The predicted molar refractivity (Wildman–Crippen MR) is 172 cm³/mol. The molecule has 1 aliphatic rings.